The second kappa shape index (κ2) is 7.07. The van der Waals surface area contributed by atoms with Crippen LogP contribution in [0.1, 0.15) is 28.8 Å². The van der Waals surface area contributed by atoms with E-state index in [0.29, 0.717) is 0 Å². The molecule has 4 nitrogen and oxygen atoms in total. The zero-order chi connectivity index (χ0) is 13.5. The van der Waals surface area contributed by atoms with Gasteiger partial charge in [0.05, 0.1) is 0 Å². The van der Waals surface area contributed by atoms with E-state index in [1.165, 1.54) is 24.1 Å². The average molecular weight is 344 g/mol. The van der Waals surface area contributed by atoms with Crippen LogP contribution in [0.4, 0.5) is 5.69 Å². The summed E-state index contributed by atoms with van der Waals surface area (Å²) in [5.41, 5.74) is 3.33. The van der Waals surface area contributed by atoms with E-state index in [2.05, 4.69) is 22.3 Å². The van der Waals surface area contributed by atoms with Crippen molar-refractivity contribution >= 4 is 36.4 Å². The molecule has 3 aliphatic rings. The van der Waals surface area contributed by atoms with Gasteiger partial charge in [0.1, 0.15) is 0 Å². The number of nitrogens with one attached hydrogen (secondary N) is 1. The fraction of sp³-hybridized carbons (Fsp3) is 0.562. The minimum absolute atomic E-state index is 0. The molecule has 1 amide bonds. The molecule has 0 unspecified atom stereocenters. The molecule has 0 radical (unpaired) electrons. The summed E-state index contributed by atoms with van der Waals surface area (Å²) in [6.07, 6.45) is 3.74. The molecule has 1 aromatic rings. The summed E-state index contributed by atoms with van der Waals surface area (Å²) in [6.45, 7) is 4.84. The third kappa shape index (κ3) is 3.34. The van der Waals surface area contributed by atoms with Crippen molar-refractivity contribution in [3.05, 3.63) is 29.3 Å². The number of amides is 1. The van der Waals surface area contributed by atoms with Gasteiger partial charge in [0.25, 0.3) is 5.91 Å². The van der Waals surface area contributed by atoms with E-state index in [1.54, 1.807) is 0 Å². The number of hydrogen-bond donors (Lipinski definition) is 1. The van der Waals surface area contributed by atoms with Crippen molar-refractivity contribution < 1.29 is 4.79 Å². The standard InChI is InChI=1S/C16H21N3O.2ClH/c20-16(13-1-4-15-12(11-13)5-6-17-15)19-9-7-18(8-10-19)14-2-3-14;;/h1,4,11,14,17H,2-3,5-10H2;2*1H. The average Bonchev–Trinajstić information content (AvgIpc) is 3.24. The van der Waals surface area contributed by atoms with Crippen LogP contribution in [0, 0.1) is 0 Å². The predicted molar refractivity (Wildman–Crippen MR) is 93.6 cm³/mol. The highest BCUT2D eigenvalue weighted by Gasteiger charge is 2.32. The number of hydrogen-bond acceptors (Lipinski definition) is 3. The van der Waals surface area contributed by atoms with Crippen molar-refractivity contribution in [2.45, 2.75) is 25.3 Å². The van der Waals surface area contributed by atoms with E-state index in [0.717, 1.165) is 50.7 Å². The molecule has 1 saturated heterocycles. The summed E-state index contributed by atoms with van der Waals surface area (Å²) in [5, 5.41) is 3.34. The van der Waals surface area contributed by atoms with E-state index < -0.39 is 0 Å². The molecule has 122 valence electrons. The van der Waals surface area contributed by atoms with Gasteiger partial charge in [-0.3, -0.25) is 9.69 Å². The largest absolute Gasteiger partial charge is 0.384 e. The summed E-state index contributed by atoms with van der Waals surface area (Å²) < 4.78 is 0. The van der Waals surface area contributed by atoms with Crippen LogP contribution in [0.25, 0.3) is 0 Å². The minimum Gasteiger partial charge on any atom is -0.384 e. The normalized spacial score (nSPS) is 20.5. The van der Waals surface area contributed by atoms with Crippen LogP contribution < -0.4 is 5.32 Å². The molecular weight excluding hydrogens is 321 g/mol. The maximum absolute atomic E-state index is 12.6. The molecule has 4 rings (SSSR count). The van der Waals surface area contributed by atoms with Crippen LogP contribution >= 0.6 is 24.8 Å². The second-order valence-corrected chi connectivity index (χ2v) is 6.11. The summed E-state index contributed by atoms with van der Waals surface area (Å²) in [5.74, 6) is 0.204. The molecule has 22 heavy (non-hydrogen) atoms. The highest BCUT2D eigenvalue weighted by Crippen LogP contribution is 2.28. The number of fused-ring (bicyclic) bond motifs is 1. The van der Waals surface area contributed by atoms with Crippen molar-refractivity contribution in [3.8, 4) is 0 Å². The van der Waals surface area contributed by atoms with E-state index in [4.69, 9.17) is 0 Å². The van der Waals surface area contributed by atoms with Crippen LogP contribution in [0.5, 0.6) is 0 Å². The topological polar surface area (TPSA) is 35.6 Å². The molecule has 0 bridgehead atoms. The molecule has 0 spiro atoms. The number of carbonyl (C=O) groups is 1. The zero-order valence-corrected chi connectivity index (χ0v) is 14.2. The lowest BCUT2D eigenvalue weighted by Gasteiger charge is -2.34. The highest BCUT2D eigenvalue weighted by molar-refractivity contribution is 5.95. The van der Waals surface area contributed by atoms with E-state index in [-0.39, 0.29) is 30.7 Å². The lowest BCUT2D eigenvalue weighted by Crippen LogP contribution is -2.49. The maximum Gasteiger partial charge on any atom is 0.253 e. The van der Waals surface area contributed by atoms with E-state index >= 15 is 0 Å². The first kappa shape index (κ1) is 17.4. The maximum atomic E-state index is 12.6. The number of halogens is 2. The summed E-state index contributed by atoms with van der Waals surface area (Å²) in [4.78, 5) is 17.1. The molecule has 2 fully saturated rings. The number of rotatable bonds is 2. The smallest absolute Gasteiger partial charge is 0.253 e. The Kier molecular flexibility index (Phi) is 5.59. The summed E-state index contributed by atoms with van der Waals surface area (Å²) in [6, 6.07) is 6.91. The Morgan fingerprint density at radius 2 is 1.82 bits per heavy atom. The quantitative estimate of drug-likeness (QED) is 0.895. The second-order valence-electron chi connectivity index (χ2n) is 6.11. The van der Waals surface area contributed by atoms with Crippen LogP contribution in [0.2, 0.25) is 0 Å². The van der Waals surface area contributed by atoms with Gasteiger partial charge in [-0.05, 0) is 43.0 Å². The van der Waals surface area contributed by atoms with Gasteiger partial charge in [-0.2, -0.15) is 0 Å². The molecule has 1 aromatic carbocycles. The van der Waals surface area contributed by atoms with Gasteiger partial charge in [-0.25, -0.2) is 0 Å². The van der Waals surface area contributed by atoms with Gasteiger partial charge in [0, 0.05) is 50.0 Å². The Balaban J connectivity index is 0.000000882. The van der Waals surface area contributed by atoms with Crippen LogP contribution in [-0.4, -0.2) is 54.5 Å². The number of nitrogens with zero attached hydrogens (tertiary/aromatic N) is 2. The van der Waals surface area contributed by atoms with Crippen molar-refractivity contribution in [2.24, 2.45) is 0 Å². The van der Waals surface area contributed by atoms with E-state index in [1.807, 2.05) is 11.0 Å². The third-order valence-corrected chi connectivity index (χ3v) is 4.73. The van der Waals surface area contributed by atoms with Crippen LogP contribution in [0.15, 0.2) is 18.2 Å². The number of carbonyl (C=O) groups excluding carboxylic acids is 1. The number of anilines is 1. The molecule has 6 heteroatoms. The molecule has 1 saturated carbocycles. The number of piperazine rings is 1. The third-order valence-electron chi connectivity index (χ3n) is 4.73. The molecule has 2 heterocycles. The summed E-state index contributed by atoms with van der Waals surface area (Å²) in [7, 11) is 0. The number of benzene rings is 1. The first-order valence-electron chi connectivity index (χ1n) is 7.71. The van der Waals surface area contributed by atoms with Gasteiger partial charge in [0.2, 0.25) is 0 Å². The van der Waals surface area contributed by atoms with E-state index in [9.17, 15) is 4.79 Å². The highest BCUT2D eigenvalue weighted by atomic mass is 35.5. The van der Waals surface area contributed by atoms with Crippen LogP contribution in [0.3, 0.4) is 0 Å². The van der Waals surface area contributed by atoms with Crippen molar-refractivity contribution in [1.82, 2.24) is 9.80 Å². The Morgan fingerprint density at radius 1 is 1.09 bits per heavy atom. The zero-order valence-electron chi connectivity index (χ0n) is 12.6. The Hall–Kier alpha value is -0.970. The molecule has 2 aliphatic heterocycles. The summed E-state index contributed by atoms with van der Waals surface area (Å²) >= 11 is 0. The fourth-order valence-electron chi connectivity index (χ4n) is 3.35. The molecule has 1 aliphatic carbocycles. The van der Waals surface area contributed by atoms with Crippen molar-refractivity contribution in [2.75, 3.05) is 38.0 Å². The molecule has 0 aromatic heterocycles. The SMILES string of the molecule is Cl.Cl.O=C(c1ccc2c(c1)CCN2)N1CCN(C2CC2)CC1. The van der Waals surface area contributed by atoms with Gasteiger partial charge >= 0.3 is 0 Å². The Labute approximate surface area is 144 Å². The lowest BCUT2D eigenvalue weighted by atomic mass is 10.1. The monoisotopic (exact) mass is 343 g/mol. The lowest BCUT2D eigenvalue weighted by molar-refractivity contribution is 0.0627. The predicted octanol–water partition coefficient (Wildman–Crippen LogP) is 2.42. The van der Waals surface area contributed by atoms with Gasteiger partial charge in [-0.15, -0.1) is 24.8 Å². The van der Waals surface area contributed by atoms with Gasteiger partial charge in [0.15, 0.2) is 0 Å². The molecular formula is C16H23Cl2N3O. The van der Waals surface area contributed by atoms with Crippen molar-refractivity contribution in [1.29, 1.82) is 0 Å². The Bertz CT molecular complexity index is 540. The first-order chi connectivity index (χ1) is 9.81. The Morgan fingerprint density at radius 3 is 2.50 bits per heavy atom. The van der Waals surface area contributed by atoms with Crippen molar-refractivity contribution in [3.63, 3.8) is 0 Å². The van der Waals surface area contributed by atoms with Gasteiger partial charge < -0.3 is 10.2 Å². The first-order valence-corrected chi connectivity index (χ1v) is 7.71. The van der Waals surface area contributed by atoms with Gasteiger partial charge in [-0.1, -0.05) is 0 Å². The molecule has 1 N–H and O–H groups in total. The molecule has 0 atom stereocenters. The minimum atomic E-state index is 0. The fourth-order valence-corrected chi connectivity index (χ4v) is 3.35. The van der Waals surface area contributed by atoms with Crippen LogP contribution in [-0.2, 0) is 6.42 Å².